The van der Waals surface area contributed by atoms with Crippen molar-refractivity contribution < 1.29 is 9.84 Å². The molecule has 0 heterocycles. The molecule has 1 rings (SSSR count). The third-order valence-corrected chi connectivity index (χ3v) is 4.03. The number of ether oxygens (including phenoxy) is 1. The van der Waals surface area contributed by atoms with Gasteiger partial charge >= 0.3 is 0 Å². The highest BCUT2D eigenvalue weighted by atomic mass is 79.9. The van der Waals surface area contributed by atoms with Crippen LogP contribution in [0.1, 0.15) is 43.9 Å². The van der Waals surface area contributed by atoms with Crippen LogP contribution >= 0.6 is 15.9 Å². The zero-order valence-corrected chi connectivity index (χ0v) is 12.5. The normalized spacial score (nSPS) is 13.8. The molecule has 1 N–H and O–H groups in total. The van der Waals surface area contributed by atoms with Crippen LogP contribution in [-0.4, -0.2) is 17.8 Å². The van der Waals surface area contributed by atoms with Crippen molar-refractivity contribution in [3.63, 3.8) is 0 Å². The lowest BCUT2D eigenvalue weighted by molar-refractivity contribution is 0.00278. The Balaban J connectivity index is 2.64. The van der Waals surface area contributed by atoms with E-state index in [9.17, 15) is 5.11 Å². The topological polar surface area (TPSA) is 29.5 Å². The van der Waals surface area contributed by atoms with Crippen LogP contribution < -0.4 is 0 Å². The molecule has 0 saturated carbocycles. The van der Waals surface area contributed by atoms with E-state index in [1.807, 2.05) is 39.0 Å². The second kappa shape index (κ2) is 5.98. The van der Waals surface area contributed by atoms with Crippen LogP contribution in [0.3, 0.4) is 0 Å². The van der Waals surface area contributed by atoms with Gasteiger partial charge in [0.2, 0.25) is 0 Å². The number of methoxy groups -OCH3 is 1. The third kappa shape index (κ3) is 4.41. The van der Waals surface area contributed by atoms with Gasteiger partial charge in [-0.15, -0.1) is 0 Å². The van der Waals surface area contributed by atoms with E-state index in [0.717, 1.165) is 22.0 Å². The lowest BCUT2D eigenvalue weighted by Crippen LogP contribution is -2.23. The molecule has 1 aromatic rings. The first-order valence-electron chi connectivity index (χ1n) is 5.85. The van der Waals surface area contributed by atoms with Gasteiger partial charge in [-0.3, -0.25) is 0 Å². The molecule has 0 bridgehead atoms. The van der Waals surface area contributed by atoms with Crippen LogP contribution in [0.25, 0.3) is 0 Å². The summed E-state index contributed by atoms with van der Waals surface area (Å²) >= 11 is 3.46. The van der Waals surface area contributed by atoms with E-state index in [1.54, 1.807) is 7.11 Å². The number of halogens is 1. The quantitative estimate of drug-likeness (QED) is 0.891. The number of aliphatic hydroxyl groups excluding tert-OH is 1. The van der Waals surface area contributed by atoms with Crippen molar-refractivity contribution in [3.05, 3.63) is 33.8 Å². The fourth-order valence-corrected chi connectivity index (χ4v) is 1.87. The standard InChI is InChI=1S/C14H21BrO2/c1-10-9-11(5-6-12(10)15)13(16)7-8-14(2,3)17-4/h5-6,9,13,16H,7-8H2,1-4H3. The predicted octanol–water partition coefficient (Wildman–Crippen LogP) is 4.00. The molecular weight excluding hydrogens is 280 g/mol. The Morgan fingerprint density at radius 2 is 2.06 bits per heavy atom. The summed E-state index contributed by atoms with van der Waals surface area (Å²) in [4.78, 5) is 0. The number of aryl methyl sites for hydroxylation is 1. The van der Waals surface area contributed by atoms with Crippen LogP contribution in [0, 0.1) is 6.92 Å². The molecule has 0 saturated heterocycles. The molecule has 0 fully saturated rings. The first-order valence-corrected chi connectivity index (χ1v) is 6.64. The van der Waals surface area contributed by atoms with E-state index in [1.165, 1.54) is 0 Å². The van der Waals surface area contributed by atoms with Crippen molar-refractivity contribution in [2.45, 2.75) is 45.3 Å². The Bertz CT molecular complexity index is 374. The van der Waals surface area contributed by atoms with Crippen LogP contribution in [0.5, 0.6) is 0 Å². The van der Waals surface area contributed by atoms with E-state index < -0.39 is 6.10 Å². The molecule has 17 heavy (non-hydrogen) atoms. The second-order valence-electron chi connectivity index (χ2n) is 5.03. The van der Waals surface area contributed by atoms with Gasteiger partial charge in [0.15, 0.2) is 0 Å². The van der Waals surface area contributed by atoms with Gasteiger partial charge in [0.1, 0.15) is 0 Å². The molecule has 0 radical (unpaired) electrons. The summed E-state index contributed by atoms with van der Waals surface area (Å²) < 4.78 is 6.42. The van der Waals surface area contributed by atoms with Crippen molar-refractivity contribution >= 4 is 15.9 Å². The zero-order chi connectivity index (χ0) is 13.1. The van der Waals surface area contributed by atoms with Crippen molar-refractivity contribution in [2.75, 3.05) is 7.11 Å². The number of hydrogen-bond acceptors (Lipinski definition) is 2. The summed E-state index contributed by atoms with van der Waals surface area (Å²) in [6, 6.07) is 5.96. The van der Waals surface area contributed by atoms with E-state index in [0.29, 0.717) is 6.42 Å². The van der Waals surface area contributed by atoms with E-state index in [2.05, 4.69) is 15.9 Å². The molecule has 0 aliphatic rings. The van der Waals surface area contributed by atoms with E-state index >= 15 is 0 Å². The molecule has 2 nitrogen and oxygen atoms in total. The maximum Gasteiger partial charge on any atom is 0.0791 e. The molecule has 0 amide bonds. The van der Waals surface area contributed by atoms with E-state index in [4.69, 9.17) is 4.74 Å². The summed E-state index contributed by atoms with van der Waals surface area (Å²) in [6.45, 7) is 6.10. The van der Waals surface area contributed by atoms with Crippen molar-refractivity contribution in [1.29, 1.82) is 0 Å². The summed E-state index contributed by atoms with van der Waals surface area (Å²) in [5.41, 5.74) is 1.94. The Kier molecular flexibility index (Phi) is 5.17. The fraction of sp³-hybridized carbons (Fsp3) is 0.571. The molecular formula is C14H21BrO2. The minimum absolute atomic E-state index is 0.175. The van der Waals surface area contributed by atoms with Gasteiger partial charge < -0.3 is 9.84 Å². The average molecular weight is 301 g/mol. The summed E-state index contributed by atoms with van der Waals surface area (Å²) in [5.74, 6) is 0. The fourth-order valence-electron chi connectivity index (χ4n) is 1.63. The average Bonchev–Trinajstić information content (AvgIpc) is 2.30. The highest BCUT2D eigenvalue weighted by Crippen LogP contribution is 2.26. The van der Waals surface area contributed by atoms with Gasteiger partial charge in [-0.2, -0.15) is 0 Å². The molecule has 0 aromatic heterocycles. The van der Waals surface area contributed by atoms with Gasteiger partial charge in [0.05, 0.1) is 11.7 Å². The van der Waals surface area contributed by atoms with Gasteiger partial charge in [-0.25, -0.2) is 0 Å². The summed E-state index contributed by atoms with van der Waals surface area (Å²) in [7, 11) is 1.70. The zero-order valence-electron chi connectivity index (χ0n) is 11.0. The number of benzene rings is 1. The molecule has 0 spiro atoms. The van der Waals surface area contributed by atoms with Crippen LogP contribution in [-0.2, 0) is 4.74 Å². The third-order valence-electron chi connectivity index (χ3n) is 3.14. The molecule has 1 atom stereocenters. The highest BCUT2D eigenvalue weighted by Gasteiger charge is 2.19. The summed E-state index contributed by atoms with van der Waals surface area (Å²) in [6.07, 6.45) is 1.12. The number of rotatable bonds is 5. The first kappa shape index (κ1) is 14.7. The van der Waals surface area contributed by atoms with Gasteiger partial charge in [-0.1, -0.05) is 28.1 Å². The Morgan fingerprint density at radius 1 is 1.41 bits per heavy atom. The second-order valence-corrected chi connectivity index (χ2v) is 5.88. The van der Waals surface area contributed by atoms with Gasteiger partial charge in [-0.05, 0) is 50.8 Å². The minimum Gasteiger partial charge on any atom is -0.388 e. The van der Waals surface area contributed by atoms with E-state index in [-0.39, 0.29) is 5.60 Å². The lowest BCUT2D eigenvalue weighted by Gasteiger charge is -2.24. The van der Waals surface area contributed by atoms with Crippen LogP contribution in [0.15, 0.2) is 22.7 Å². The smallest absolute Gasteiger partial charge is 0.0791 e. The van der Waals surface area contributed by atoms with Gasteiger partial charge in [0, 0.05) is 11.6 Å². The Hall–Kier alpha value is -0.380. The van der Waals surface area contributed by atoms with Crippen LogP contribution in [0.2, 0.25) is 0 Å². The van der Waals surface area contributed by atoms with Crippen molar-refractivity contribution in [2.24, 2.45) is 0 Å². The van der Waals surface area contributed by atoms with Gasteiger partial charge in [0.25, 0.3) is 0 Å². The largest absolute Gasteiger partial charge is 0.388 e. The SMILES string of the molecule is COC(C)(C)CCC(O)c1ccc(Br)c(C)c1. The molecule has 96 valence electrons. The van der Waals surface area contributed by atoms with Crippen LogP contribution in [0.4, 0.5) is 0 Å². The first-order chi connectivity index (χ1) is 7.85. The molecule has 3 heteroatoms. The number of hydrogen-bond donors (Lipinski definition) is 1. The maximum atomic E-state index is 10.1. The molecule has 0 aliphatic carbocycles. The summed E-state index contributed by atoms with van der Waals surface area (Å²) in [5, 5.41) is 10.1. The number of aliphatic hydroxyl groups is 1. The minimum atomic E-state index is -0.420. The predicted molar refractivity (Wildman–Crippen MR) is 74.2 cm³/mol. The Morgan fingerprint density at radius 3 is 2.59 bits per heavy atom. The lowest BCUT2D eigenvalue weighted by atomic mass is 9.96. The highest BCUT2D eigenvalue weighted by molar-refractivity contribution is 9.10. The van der Waals surface area contributed by atoms with Crippen molar-refractivity contribution in [3.8, 4) is 0 Å². The molecule has 1 aromatic carbocycles. The molecule has 0 aliphatic heterocycles. The Labute approximate surface area is 112 Å². The molecule has 1 unspecified atom stereocenters. The monoisotopic (exact) mass is 300 g/mol. The van der Waals surface area contributed by atoms with Crippen molar-refractivity contribution in [1.82, 2.24) is 0 Å². The maximum absolute atomic E-state index is 10.1.